The highest BCUT2D eigenvalue weighted by atomic mass is 79.9. The van der Waals surface area contributed by atoms with Gasteiger partial charge in [-0.15, -0.1) is 0 Å². The minimum absolute atomic E-state index is 0.0793. The molecule has 1 saturated heterocycles. The molecule has 0 amide bonds. The van der Waals surface area contributed by atoms with Gasteiger partial charge in [-0.05, 0) is 0 Å². The van der Waals surface area contributed by atoms with Crippen LogP contribution in [0.2, 0.25) is 0 Å². The summed E-state index contributed by atoms with van der Waals surface area (Å²) in [5.41, 5.74) is 0. The van der Waals surface area contributed by atoms with Gasteiger partial charge in [-0.2, -0.15) is 0 Å². The number of carbonyl (C=O) groups excluding carboxylic acids is 1. The molecule has 68 valence electrons. The summed E-state index contributed by atoms with van der Waals surface area (Å²) >= 11 is 3.33. The third kappa shape index (κ3) is 1.43. The van der Waals surface area contributed by atoms with Gasteiger partial charge in [-0.3, -0.25) is 4.79 Å². The average Bonchev–Trinajstić information content (AvgIpc) is 2.47. The lowest BCUT2D eigenvalue weighted by Crippen LogP contribution is -2.40. The summed E-state index contributed by atoms with van der Waals surface area (Å²) in [6.45, 7) is 1.32. The zero-order valence-electron chi connectivity index (χ0n) is 6.72. The molecule has 1 aliphatic heterocycles. The Labute approximate surface area is 79.5 Å². The second kappa shape index (κ2) is 3.09. The van der Waals surface area contributed by atoms with E-state index in [1.54, 1.807) is 0 Å². The van der Waals surface area contributed by atoms with Gasteiger partial charge < -0.3 is 9.47 Å². The van der Waals surface area contributed by atoms with E-state index in [-0.39, 0.29) is 10.6 Å². The van der Waals surface area contributed by atoms with Crippen LogP contribution < -0.4 is 0 Å². The summed E-state index contributed by atoms with van der Waals surface area (Å²) in [4.78, 5) is 11.1. The third-order valence-corrected chi connectivity index (χ3v) is 3.24. The van der Waals surface area contributed by atoms with E-state index in [2.05, 4.69) is 15.9 Å². The number of Topliss-reactive ketones (excluding diaryl/α,β-unsaturated/α-hetero) is 1. The standard InChI is InChI=1S/C8H11BrO3/c9-6-5-8(2-1-7(6)10)11-3-4-12-8/h6H,1-5H2. The molecule has 0 aromatic carbocycles. The number of carbonyl (C=O) groups is 1. The molecule has 0 aromatic rings. The van der Waals surface area contributed by atoms with Crippen LogP contribution in [0.3, 0.4) is 0 Å². The Morgan fingerprint density at radius 2 is 2.08 bits per heavy atom. The molecule has 0 bridgehead atoms. The first-order valence-corrected chi connectivity index (χ1v) is 5.08. The molecular formula is C8H11BrO3. The molecule has 0 aromatic heterocycles. The van der Waals surface area contributed by atoms with Crippen molar-refractivity contribution in [3.05, 3.63) is 0 Å². The number of ether oxygens (including phenoxy) is 2. The molecule has 1 atom stereocenters. The first-order chi connectivity index (χ1) is 5.72. The average molecular weight is 235 g/mol. The summed E-state index contributed by atoms with van der Waals surface area (Å²) < 4.78 is 11.0. The smallest absolute Gasteiger partial charge is 0.170 e. The number of ketones is 1. The van der Waals surface area contributed by atoms with Crippen LogP contribution in [0.4, 0.5) is 0 Å². The Hall–Kier alpha value is 0.0700. The molecule has 4 heteroatoms. The predicted molar refractivity (Wildman–Crippen MR) is 46.2 cm³/mol. The third-order valence-electron chi connectivity index (χ3n) is 2.41. The molecule has 2 fully saturated rings. The van der Waals surface area contributed by atoms with Crippen LogP contribution in [0.15, 0.2) is 0 Å². The Balaban J connectivity index is 2.05. The van der Waals surface area contributed by atoms with Crippen molar-refractivity contribution in [3.8, 4) is 0 Å². The number of halogens is 1. The van der Waals surface area contributed by atoms with Crippen molar-refractivity contribution in [2.24, 2.45) is 0 Å². The number of alkyl halides is 1. The van der Waals surface area contributed by atoms with Gasteiger partial charge in [-0.1, -0.05) is 15.9 Å². The van der Waals surface area contributed by atoms with Crippen LogP contribution in [0.5, 0.6) is 0 Å². The molecule has 1 aliphatic carbocycles. The van der Waals surface area contributed by atoms with Crippen LogP contribution in [-0.2, 0) is 14.3 Å². The molecular weight excluding hydrogens is 224 g/mol. The SMILES string of the molecule is O=C1CCC2(CC1Br)OCCO2. The quantitative estimate of drug-likeness (QED) is 0.592. The predicted octanol–water partition coefficient (Wildman–Crippen LogP) is 1.25. The summed E-state index contributed by atoms with van der Waals surface area (Å²) in [5.74, 6) is -0.179. The molecule has 3 nitrogen and oxygen atoms in total. The molecule has 1 unspecified atom stereocenters. The molecule has 0 N–H and O–H groups in total. The van der Waals surface area contributed by atoms with Gasteiger partial charge in [0.05, 0.1) is 18.0 Å². The zero-order chi connectivity index (χ0) is 8.60. The summed E-state index contributed by atoms with van der Waals surface area (Å²) in [6, 6.07) is 0. The molecule has 12 heavy (non-hydrogen) atoms. The van der Waals surface area contributed by atoms with Gasteiger partial charge in [0, 0.05) is 19.3 Å². The number of hydrogen-bond acceptors (Lipinski definition) is 3. The fourth-order valence-corrected chi connectivity index (χ4v) is 2.44. The van der Waals surface area contributed by atoms with Crippen molar-refractivity contribution in [2.75, 3.05) is 13.2 Å². The monoisotopic (exact) mass is 234 g/mol. The van der Waals surface area contributed by atoms with E-state index in [9.17, 15) is 4.79 Å². The topological polar surface area (TPSA) is 35.5 Å². The maximum atomic E-state index is 11.2. The van der Waals surface area contributed by atoms with Crippen LogP contribution in [0.1, 0.15) is 19.3 Å². The van der Waals surface area contributed by atoms with Crippen molar-refractivity contribution < 1.29 is 14.3 Å². The lowest BCUT2D eigenvalue weighted by atomic mass is 9.93. The van der Waals surface area contributed by atoms with Crippen molar-refractivity contribution in [3.63, 3.8) is 0 Å². The Bertz CT molecular complexity index is 198. The number of rotatable bonds is 0. The van der Waals surface area contributed by atoms with E-state index < -0.39 is 5.79 Å². The largest absolute Gasteiger partial charge is 0.347 e. The fraction of sp³-hybridized carbons (Fsp3) is 0.875. The van der Waals surface area contributed by atoms with Crippen LogP contribution in [0.25, 0.3) is 0 Å². The van der Waals surface area contributed by atoms with Crippen LogP contribution in [0, 0.1) is 0 Å². The highest BCUT2D eigenvalue weighted by molar-refractivity contribution is 9.10. The Morgan fingerprint density at radius 1 is 1.42 bits per heavy atom. The van der Waals surface area contributed by atoms with Crippen LogP contribution >= 0.6 is 15.9 Å². The first kappa shape index (κ1) is 8.66. The van der Waals surface area contributed by atoms with Gasteiger partial charge in [-0.25, -0.2) is 0 Å². The van der Waals surface area contributed by atoms with E-state index >= 15 is 0 Å². The number of hydrogen-bond donors (Lipinski definition) is 0. The Morgan fingerprint density at radius 3 is 2.67 bits per heavy atom. The highest BCUT2D eigenvalue weighted by Crippen LogP contribution is 2.36. The van der Waals surface area contributed by atoms with E-state index in [1.807, 2.05) is 0 Å². The fourth-order valence-electron chi connectivity index (χ4n) is 1.72. The van der Waals surface area contributed by atoms with Crippen molar-refractivity contribution in [1.82, 2.24) is 0 Å². The Kier molecular flexibility index (Phi) is 2.23. The van der Waals surface area contributed by atoms with Crippen molar-refractivity contribution >= 4 is 21.7 Å². The van der Waals surface area contributed by atoms with Crippen LogP contribution in [-0.4, -0.2) is 29.6 Å². The van der Waals surface area contributed by atoms with Crippen molar-refractivity contribution in [2.45, 2.75) is 29.9 Å². The van der Waals surface area contributed by atoms with E-state index in [0.717, 1.165) is 0 Å². The van der Waals surface area contributed by atoms with E-state index in [0.29, 0.717) is 32.5 Å². The molecule has 0 radical (unpaired) electrons. The summed E-state index contributed by atoms with van der Waals surface area (Å²) in [7, 11) is 0. The normalized spacial score (nSPS) is 34.4. The molecule has 2 rings (SSSR count). The molecule has 1 heterocycles. The molecule has 2 aliphatic rings. The lowest BCUT2D eigenvalue weighted by molar-refractivity contribution is -0.178. The van der Waals surface area contributed by atoms with E-state index in [1.165, 1.54) is 0 Å². The summed E-state index contributed by atoms with van der Waals surface area (Å²) in [6.07, 6.45) is 1.94. The maximum Gasteiger partial charge on any atom is 0.170 e. The maximum absolute atomic E-state index is 11.2. The molecule has 1 saturated carbocycles. The first-order valence-electron chi connectivity index (χ1n) is 4.17. The van der Waals surface area contributed by atoms with Gasteiger partial charge in [0.2, 0.25) is 0 Å². The van der Waals surface area contributed by atoms with Gasteiger partial charge in [0.1, 0.15) is 5.78 Å². The van der Waals surface area contributed by atoms with Crippen molar-refractivity contribution in [1.29, 1.82) is 0 Å². The minimum atomic E-state index is -0.442. The highest BCUT2D eigenvalue weighted by Gasteiger charge is 2.43. The molecule has 1 spiro atoms. The minimum Gasteiger partial charge on any atom is -0.347 e. The second-order valence-electron chi connectivity index (χ2n) is 3.25. The van der Waals surface area contributed by atoms with Gasteiger partial charge in [0.25, 0.3) is 0 Å². The lowest BCUT2D eigenvalue weighted by Gasteiger charge is -2.32. The van der Waals surface area contributed by atoms with Gasteiger partial charge in [0.15, 0.2) is 5.79 Å². The zero-order valence-corrected chi connectivity index (χ0v) is 8.30. The van der Waals surface area contributed by atoms with Gasteiger partial charge >= 0.3 is 0 Å². The summed E-state index contributed by atoms with van der Waals surface area (Å²) in [5, 5.41) is 0. The second-order valence-corrected chi connectivity index (χ2v) is 4.35. The van der Waals surface area contributed by atoms with E-state index in [4.69, 9.17) is 9.47 Å².